The van der Waals surface area contributed by atoms with Gasteiger partial charge >= 0.3 is 6.18 Å². The second-order valence-corrected chi connectivity index (χ2v) is 2.96. The number of oxazole rings is 1. The third-order valence-electron chi connectivity index (χ3n) is 1.94. The molecule has 2 aromatic rings. The van der Waals surface area contributed by atoms with Gasteiger partial charge in [-0.2, -0.15) is 13.2 Å². The highest BCUT2D eigenvalue weighted by Gasteiger charge is 2.34. The third-order valence-corrected chi connectivity index (χ3v) is 1.94. The predicted molar refractivity (Wildman–Crippen MR) is 46.9 cm³/mol. The zero-order chi connectivity index (χ0) is 11.1. The lowest BCUT2D eigenvalue weighted by Gasteiger charge is -2.05. The summed E-state index contributed by atoms with van der Waals surface area (Å²) in [7, 11) is 0. The Morgan fingerprint density at radius 1 is 1.33 bits per heavy atom. The highest BCUT2D eigenvalue weighted by molar-refractivity contribution is 5.76. The second-order valence-electron chi connectivity index (χ2n) is 2.96. The number of alkyl halides is 3. The first-order valence-electron chi connectivity index (χ1n) is 4.18. The zero-order valence-electron chi connectivity index (χ0n) is 7.51. The Bertz CT molecular complexity index is 490. The highest BCUT2D eigenvalue weighted by Crippen LogP contribution is 2.34. The Kier molecular flexibility index (Phi) is 2.15. The fourth-order valence-electron chi connectivity index (χ4n) is 1.31. The van der Waals surface area contributed by atoms with Crippen LogP contribution in [0.3, 0.4) is 0 Å². The molecule has 0 fully saturated rings. The molecule has 1 aromatic carbocycles. The fourth-order valence-corrected chi connectivity index (χ4v) is 1.31. The molecule has 1 heterocycles. The molecule has 1 aromatic heterocycles. The van der Waals surface area contributed by atoms with Crippen molar-refractivity contribution in [2.45, 2.75) is 12.7 Å². The molecular weight excluding hydrogens is 209 g/mol. The molecule has 0 aliphatic heterocycles. The van der Waals surface area contributed by atoms with Crippen LogP contribution in [0.4, 0.5) is 13.2 Å². The molecule has 2 rings (SSSR count). The van der Waals surface area contributed by atoms with Crippen LogP contribution in [0.5, 0.6) is 0 Å². The molecule has 0 aliphatic carbocycles. The number of rotatable bonds is 1. The monoisotopic (exact) mass is 216 g/mol. The summed E-state index contributed by atoms with van der Waals surface area (Å²) in [6, 6.07) is 3.69. The van der Waals surface area contributed by atoms with Gasteiger partial charge in [0.1, 0.15) is 11.1 Å². The first kappa shape index (κ1) is 9.97. The smallest absolute Gasteiger partial charge is 0.420 e. The van der Waals surface area contributed by atoms with Crippen molar-refractivity contribution in [3.8, 4) is 0 Å². The molecule has 2 N–H and O–H groups in total. The molecule has 3 nitrogen and oxygen atoms in total. The van der Waals surface area contributed by atoms with E-state index in [0.29, 0.717) is 0 Å². The summed E-state index contributed by atoms with van der Waals surface area (Å²) in [5.74, 6) is 0.0988. The number of nitrogens with two attached hydrogens (primary N) is 1. The maximum absolute atomic E-state index is 12.5. The normalized spacial score (nSPS) is 12.3. The summed E-state index contributed by atoms with van der Waals surface area (Å²) in [5.41, 5.74) is 4.32. The minimum Gasteiger partial charge on any atom is -0.439 e. The van der Waals surface area contributed by atoms with E-state index in [-0.39, 0.29) is 23.5 Å². The quantitative estimate of drug-likeness (QED) is 0.795. The van der Waals surface area contributed by atoms with Gasteiger partial charge in [0.15, 0.2) is 5.58 Å². The predicted octanol–water partition coefficient (Wildman–Crippen LogP) is 2.31. The van der Waals surface area contributed by atoms with Gasteiger partial charge in [0.25, 0.3) is 0 Å². The van der Waals surface area contributed by atoms with Crippen LogP contribution in [0.15, 0.2) is 22.6 Å². The van der Waals surface area contributed by atoms with Crippen molar-refractivity contribution in [3.63, 3.8) is 0 Å². The van der Waals surface area contributed by atoms with Crippen molar-refractivity contribution in [2.75, 3.05) is 0 Å². The number of benzene rings is 1. The Balaban J connectivity index is 2.70. The zero-order valence-corrected chi connectivity index (χ0v) is 7.51. The Morgan fingerprint density at radius 2 is 2.07 bits per heavy atom. The molecule has 80 valence electrons. The largest absolute Gasteiger partial charge is 0.439 e. The van der Waals surface area contributed by atoms with Gasteiger partial charge in [0.05, 0.1) is 6.54 Å². The molecule has 0 aliphatic rings. The summed E-state index contributed by atoms with van der Waals surface area (Å²) >= 11 is 0. The first-order chi connectivity index (χ1) is 7.02. The van der Waals surface area contributed by atoms with Crippen molar-refractivity contribution in [1.82, 2.24) is 4.98 Å². The Morgan fingerprint density at radius 3 is 2.67 bits per heavy atom. The Hall–Kier alpha value is -1.56. The Labute approximate surface area is 82.7 Å². The van der Waals surface area contributed by atoms with Gasteiger partial charge in [-0.1, -0.05) is 6.07 Å². The minimum atomic E-state index is -4.44. The number of hydrogen-bond donors (Lipinski definition) is 1. The van der Waals surface area contributed by atoms with Gasteiger partial charge in [0.2, 0.25) is 5.89 Å². The molecule has 0 saturated heterocycles. The molecule has 0 radical (unpaired) electrons. The average Bonchev–Trinajstić information content (AvgIpc) is 2.57. The highest BCUT2D eigenvalue weighted by atomic mass is 19.4. The van der Waals surface area contributed by atoms with Crippen molar-refractivity contribution in [1.29, 1.82) is 0 Å². The lowest BCUT2D eigenvalue weighted by molar-refractivity contribution is -0.136. The maximum atomic E-state index is 12.5. The molecule has 6 heteroatoms. The number of hydrogen-bond acceptors (Lipinski definition) is 3. The number of fused-ring (bicyclic) bond motifs is 1. The van der Waals surface area contributed by atoms with Gasteiger partial charge in [-0.3, -0.25) is 0 Å². The molecule has 0 bridgehead atoms. The maximum Gasteiger partial charge on any atom is 0.420 e. The fraction of sp³-hybridized carbons (Fsp3) is 0.222. The first-order valence-corrected chi connectivity index (χ1v) is 4.18. The second kappa shape index (κ2) is 3.23. The summed E-state index contributed by atoms with van der Waals surface area (Å²) in [6.45, 7) is -0.0218. The van der Waals surface area contributed by atoms with Crippen LogP contribution in [0.1, 0.15) is 11.5 Å². The van der Waals surface area contributed by atoms with Gasteiger partial charge in [-0.05, 0) is 12.1 Å². The number of nitrogens with zero attached hydrogens (tertiary/aromatic N) is 1. The minimum absolute atomic E-state index is 0.0218. The average molecular weight is 216 g/mol. The van der Waals surface area contributed by atoms with Crippen LogP contribution < -0.4 is 5.73 Å². The van der Waals surface area contributed by atoms with E-state index in [1.807, 2.05) is 0 Å². The van der Waals surface area contributed by atoms with Crippen LogP contribution in [0, 0.1) is 0 Å². The van der Waals surface area contributed by atoms with Gasteiger partial charge in [0, 0.05) is 0 Å². The standard InChI is InChI=1S/C9H7F3N2O/c10-9(11,12)5-2-1-3-6-8(5)15-7(4-13)14-6/h1-3H,4,13H2. The lowest BCUT2D eigenvalue weighted by atomic mass is 10.2. The topological polar surface area (TPSA) is 52.0 Å². The van der Waals surface area contributed by atoms with Crippen molar-refractivity contribution in [2.24, 2.45) is 5.73 Å². The number of halogens is 3. The van der Waals surface area contributed by atoms with Crippen LogP contribution in [0.25, 0.3) is 11.1 Å². The van der Waals surface area contributed by atoms with Crippen LogP contribution in [-0.4, -0.2) is 4.98 Å². The van der Waals surface area contributed by atoms with Crippen molar-refractivity contribution in [3.05, 3.63) is 29.7 Å². The van der Waals surface area contributed by atoms with Crippen molar-refractivity contribution >= 4 is 11.1 Å². The molecule has 0 spiro atoms. The summed E-state index contributed by atoms with van der Waals surface area (Å²) in [5, 5.41) is 0. The summed E-state index contributed by atoms with van der Waals surface area (Å²) < 4.78 is 42.5. The molecule has 15 heavy (non-hydrogen) atoms. The van der Waals surface area contributed by atoms with E-state index in [1.165, 1.54) is 12.1 Å². The van der Waals surface area contributed by atoms with E-state index >= 15 is 0 Å². The SMILES string of the molecule is NCc1nc2cccc(C(F)(F)F)c2o1. The van der Waals surface area contributed by atoms with E-state index in [2.05, 4.69) is 4.98 Å². The van der Waals surface area contributed by atoms with Crippen LogP contribution in [-0.2, 0) is 12.7 Å². The summed E-state index contributed by atoms with van der Waals surface area (Å²) in [4.78, 5) is 3.81. The lowest BCUT2D eigenvalue weighted by Crippen LogP contribution is -2.04. The number of para-hydroxylation sites is 1. The molecule has 0 saturated carbocycles. The molecule has 0 unspecified atom stereocenters. The summed E-state index contributed by atoms with van der Waals surface area (Å²) in [6.07, 6.45) is -4.44. The van der Waals surface area contributed by atoms with Crippen LogP contribution in [0.2, 0.25) is 0 Å². The third kappa shape index (κ3) is 1.68. The van der Waals surface area contributed by atoms with E-state index in [4.69, 9.17) is 10.2 Å². The van der Waals surface area contributed by atoms with Gasteiger partial charge in [-0.15, -0.1) is 0 Å². The van der Waals surface area contributed by atoms with E-state index < -0.39 is 11.7 Å². The van der Waals surface area contributed by atoms with Gasteiger partial charge in [-0.25, -0.2) is 4.98 Å². The van der Waals surface area contributed by atoms with E-state index in [0.717, 1.165) is 6.07 Å². The van der Waals surface area contributed by atoms with Gasteiger partial charge < -0.3 is 10.2 Å². The number of aromatic nitrogens is 1. The molecular formula is C9H7F3N2O. The van der Waals surface area contributed by atoms with Crippen molar-refractivity contribution < 1.29 is 17.6 Å². The van der Waals surface area contributed by atoms with Crippen LogP contribution >= 0.6 is 0 Å². The molecule has 0 amide bonds. The van der Waals surface area contributed by atoms with E-state index in [9.17, 15) is 13.2 Å². The van der Waals surface area contributed by atoms with E-state index in [1.54, 1.807) is 0 Å². The molecule has 0 atom stereocenters.